The van der Waals surface area contributed by atoms with Crippen molar-refractivity contribution in [3.63, 3.8) is 0 Å². The van der Waals surface area contributed by atoms with E-state index in [1.165, 1.54) is 0 Å². The molecule has 168 valence electrons. The predicted octanol–water partition coefficient (Wildman–Crippen LogP) is 5.24. The molecule has 0 atom stereocenters. The number of hydrogen-bond donors (Lipinski definition) is 2. The lowest BCUT2D eigenvalue weighted by Gasteiger charge is -2.23. The Bertz CT molecular complexity index is 1150. The minimum absolute atomic E-state index is 0.313. The molecule has 32 heavy (non-hydrogen) atoms. The van der Waals surface area contributed by atoms with E-state index in [-0.39, 0.29) is 6.03 Å². The van der Waals surface area contributed by atoms with Crippen molar-refractivity contribution < 1.29 is 23.7 Å². The third kappa shape index (κ3) is 4.60. The van der Waals surface area contributed by atoms with Crippen LogP contribution in [0, 0.1) is 5.92 Å². The number of anilines is 1. The lowest BCUT2D eigenvalue weighted by atomic mass is 10.1. The number of carbonyl (C=O) groups is 1. The Morgan fingerprint density at radius 1 is 1.16 bits per heavy atom. The molecule has 2 heterocycles. The van der Waals surface area contributed by atoms with E-state index >= 15 is 0 Å². The highest BCUT2D eigenvalue weighted by Crippen LogP contribution is 2.48. The molecule has 9 heteroatoms. The summed E-state index contributed by atoms with van der Waals surface area (Å²) in [5.74, 6) is 2.98. The lowest BCUT2D eigenvalue weighted by molar-refractivity contribution is 0.167. The van der Waals surface area contributed by atoms with Crippen molar-refractivity contribution in [1.29, 1.82) is 0 Å². The maximum atomic E-state index is 12.0. The van der Waals surface area contributed by atoms with Crippen LogP contribution in [0.1, 0.15) is 13.8 Å². The lowest BCUT2D eigenvalue weighted by Crippen LogP contribution is -2.31. The molecule has 1 aliphatic heterocycles. The summed E-state index contributed by atoms with van der Waals surface area (Å²) in [5.41, 5.74) is 1.13. The molecular formula is C23H24ClN3O5. The Hall–Kier alpha value is -3.39. The largest absolute Gasteiger partial charge is 0.493 e. The van der Waals surface area contributed by atoms with Crippen molar-refractivity contribution in [1.82, 2.24) is 10.3 Å². The van der Waals surface area contributed by atoms with E-state index in [2.05, 4.69) is 15.6 Å². The Kier molecular flexibility index (Phi) is 6.41. The third-order valence-electron chi connectivity index (χ3n) is 4.75. The normalized spacial score (nSPS) is 12.5. The highest BCUT2D eigenvalue weighted by atomic mass is 35.5. The van der Waals surface area contributed by atoms with Gasteiger partial charge in [0.1, 0.15) is 24.7 Å². The predicted molar refractivity (Wildman–Crippen MR) is 123 cm³/mol. The summed E-state index contributed by atoms with van der Waals surface area (Å²) in [4.78, 5) is 16.4. The average Bonchev–Trinajstić information content (AvgIpc) is 2.79. The van der Waals surface area contributed by atoms with E-state index in [4.69, 9.17) is 30.5 Å². The van der Waals surface area contributed by atoms with Crippen molar-refractivity contribution in [2.24, 2.45) is 5.92 Å². The summed E-state index contributed by atoms with van der Waals surface area (Å²) < 4.78 is 23.2. The van der Waals surface area contributed by atoms with Gasteiger partial charge in [0.05, 0.1) is 28.7 Å². The SMILES string of the molecule is COc1cc2nccc(Oc3ccc(NC(=O)NCC(C)C)c(Cl)c3)c2c2c1OCCO2. The molecule has 3 aromatic rings. The van der Waals surface area contributed by atoms with Crippen molar-refractivity contribution in [3.05, 3.63) is 41.6 Å². The molecule has 0 bridgehead atoms. The van der Waals surface area contributed by atoms with Crippen LogP contribution in [0.5, 0.6) is 28.7 Å². The van der Waals surface area contributed by atoms with E-state index in [0.717, 1.165) is 0 Å². The topological polar surface area (TPSA) is 90.9 Å². The number of rotatable bonds is 6. The number of ether oxygens (including phenoxy) is 4. The second-order valence-corrected chi connectivity index (χ2v) is 8.02. The van der Waals surface area contributed by atoms with Gasteiger partial charge in [0, 0.05) is 24.9 Å². The van der Waals surface area contributed by atoms with Gasteiger partial charge in [-0.2, -0.15) is 0 Å². The van der Waals surface area contributed by atoms with Crippen molar-refractivity contribution in [2.45, 2.75) is 13.8 Å². The van der Waals surface area contributed by atoms with Crippen molar-refractivity contribution in [3.8, 4) is 28.7 Å². The highest BCUT2D eigenvalue weighted by molar-refractivity contribution is 6.33. The number of nitrogens with one attached hydrogen (secondary N) is 2. The van der Waals surface area contributed by atoms with Gasteiger partial charge < -0.3 is 29.6 Å². The molecule has 0 saturated heterocycles. The van der Waals surface area contributed by atoms with Gasteiger partial charge in [-0.15, -0.1) is 0 Å². The Labute approximate surface area is 190 Å². The van der Waals surface area contributed by atoms with Gasteiger partial charge in [0.2, 0.25) is 5.75 Å². The minimum atomic E-state index is -0.313. The average molecular weight is 458 g/mol. The van der Waals surface area contributed by atoms with Gasteiger partial charge in [-0.3, -0.25) is 4.98 Å². The quantitative estimate of drug-likeness (QED) is 0.526. The van der Waals surface area contributed by atoms with Crippen LogP contribution in [0.25, 0.3) is 10.9 Å². The first kappa shape index (κ1) is 21.8. The van der Waals surface area contributed by atoms with Gasteiger partial charge >= 0.3 is 6.03 Å². The maximum absolute atomic E-state index is 12.0. The Morgan fingerprint density at radius 3 is 2.66 bits per heavy atom. The van der Waals surface area contributed by atoms with Crippen LogP contribution in [0.15, 0.2) is 36.5 Å². The first-order chi connectivity index (χ1) is 15.5. The van der Waals surface area contributed by atoms with Gasteiger partial charge in [0.25, 0.3) is 0 Å². The Morgan fingerprint density at radius 2 is 1.94 bits per heavy atom. The number of nitrogens with zero attached hydrogens (tertiary/aromatic N) is 1. The molecule has 0 unspecified atom stereocenters. The summed E-state index contributed by atoms with van der Waals surface area (Å²) in [6.07, 6.45) is 1.64. The third-order valence-corrected chi connectivity index (χ3v) is 5.06. The molecule has 8 nitrogen and oxygen atoms in total. The summed E-state index contributed by atoms with van der Waals surface area (Å²) >= 11 is 6.38. The number of pyridine rings is 1. The van der Waals surface area contributed by atoms with Crippen LogP contribution in [0.4, 0.5) is 10.5 Å². The summed E-state index contributed by atoms with van der Waals surface area (Å²) in [7, 11) is 1.57. The fourth-order valence-corrected chi connectivity index (χ4v) is 3.48. The minimum Gasteiger partial charge on any atom is -0.493 e. The number of hydrogen-bond acceptors (Lipinski definition) is 6. The van der Waals surface area contributed by atoms with Crippen LogP contribution in [0.3, 0.4) is 0 Å². The zero-order valence-electron chi connectivity index (χ0n) is 18.0. The van der Waals surface area contributed by atoms with Crippen molar-refractivity contribution in [2.75, 3.05) is 32.2 Å². The fourth-order valence-electron chi connectivity index (χ4n) is 3.26. The molecule has 1 aliphatic rings. The van der Waals surface area contributed by atoms with Crippen LogP contribution < -0.4 is 29.6 Å². The van der Waals surface area contributed by atoms with E-state index in [9.17, 15) is 4.79 Å². The molecular weight excluding hydrogens is 434 g/mol. The summed E-state index contributed by atoms with van der Waals surface area (Å²) in [6, 6.07) is 8.27. The van der Waals surface area contributed by atoms with E-state index < -0.39 is 0 Å². The van der Waals surface area contributed by atoms with Gasteiger partial charge in [0.15, 0.2) is 11.5 Å². The van der Waals surface area contributed by atoms with Crippen LogP contribution in [-0.4, -0.2) is 37.9 Å². The van der Waals surface area contributed by atoms with Gasteiger partial charge in [-0.05, 0) is 24.1 Å². The first-order valence-corrected chi connectivity index (χ1v) is 10.6. The summed E-state index contributed by atoms with van der Waals surface area (Å²) in [6.45, 7) is 5.45. The molecule has 0 aliphatic carbocycles. The Balaban J connectivity index is 1.61. The van der Waals surface area contributed by atoms with Gasteiger partial charge in [-0.25, -0.2) is 4.79 Å². The second kappa shape index (κ2) is 9.40. The highest BCUT2D eigenvalue weighted by Gasteiger charge is 2.24. The number of halogens is 1. The molecule has 4 rings (SSSR count). The zero-order chi connectivity index (χ0) is 22.7. The number of aromatic nitrogens is 1. The van der Waals surface area contributed by atoms with E-state index in [1.807, 2.05) is 13.8 Å². The number of benzene rings is 2. The molecule has 2 N–H and O–H groups in total. The fraction of sp³-hybridized carbons (Fsp3) is 0.304. The number of methoxy groups -OCH3 is 1. The monoisotopic (exact) mass is 457 g/mol. The molecule has 0 saturated carbocycles. The molecule has 0 radical (unpaired) electrons. The van der Waals surface area contributed by atoms with Crippen LogP contribution >= 0.6 is 11.6 Å². The van der Waals surface area contributed by atoms with Gasteiger partial charge in [-0.1, -0.05) is 25.4 Å². The van der Waals surface area contributed by atoms with E-state index in [1.54, 1.807) is 43.6 Å². The number of carbonyl (C=O) groups excluding carboxylic acids is 1. The number of urea groups is 1. The van der Waals surface area contributed by atoms with Crippen LogP contribution in [0.2, 0.25) is 5.02 Å². The maximum Gasteiger partial charge on any atom is 0.319 e. The molecule has 2 amide bonds. The van der Waals surface area contributed by atoms with Crippen LogP contribution in [-0.2, 0) is 0 Å². The number of fused-ring (bicyclic) bond motifs is 3. The number of amides is 2. The summed E-state index contributed by atoms with van der Waals surface area (Å²) in [5, 5.41) is 6.56. The first-order valence-electron chi connectivity index (χ1n) is 10.2. The molecule has 0 spiro atoms. The smallest absolute Gasteiger partial charge is 0.319 e. The zero-order valence-corrected chi connectivity index (χ0v) is 18.8. The standard InChI is InChI=1S/C23H24ClN3O5/c1-13(2)12-26-23(28)27-16-5-4-14(10-15(16)24)32-18-6-7-25-17-11-19(29-3)21-22(20(17)18)31-9-8-30-21/h4-7,10-11,13H,8-9,12H2,1-3H3,(H2,26,27,28). The second-order valence-electron chi connectivity index (χ2n) is 7.61. The van der Waals surface area contributed by atoms with Crippen molar-refractivity contribution >= 4 is 34.2 Å². The molecule has 0 fully saturated rings. The van der Waals surface area contributed by atoms with E-state index in [0.29, 0.717) is 76.0 Å². The molecule has 1 aromatic heterocycles. The molecule has 2 aromatic carbocycles.